The largest absolute Gasteiger partial charge is 0.478 e. The molecule has 0 aliphatic heterocycles. The third-order valence-corrected chi connectivity index (χ3v) is 2.06. The summed E-state index contributed by atoms with van der Waals surface area (Å²) in [6, 6.07) is 4.54. The van der Waals surface area contributed by atoms with Crippen LogP contribution in [0.1, 0.15) is 33.2 Å². The first-order chi connectivity index (χ1) is 7.07. The van der Waals surface area contributed by atoms with Crippen molar-refractivity contribution in [2.24, 2.45) is 0 Å². The molecule has 1 aromatic carbocycles. The maximum Gasteiger partial charge on any atom is 0.338 e. The first kappa shape index (κ1) is 11.2. The van der Waals surface area contributed by atoms with Crippen molar-refractivity contribution in [2.75, 3.05) is 6.61 Å². The number of benzene rings is 1. The van der Waals surface area contributed by atoms with Crippen molar-refractivity contribution in [1.82, 2.24) is 0 Å². The lowest BCUT2D eigenvalue weighted by molar-refractivity contribution is 0.0525. The molecule has 0 saturated carbocycles. The molecule has 1 rings (SSSR count). The van der Waals surface area contributed by atoms with Crippen molar-refractivity contribution in [2.45, 2.75) is 13.8 Å². The molecule has 0 heterocycles. The zero-order chi connectivity index (χ0) is 11.4. The van der Waals surface area contributed by atoms with Crippen molar-refractivity contribution < 1.29 is 19.4 Å². The van der Waals surface area contributed by atoms with E-state index in [4.69, 9.17) is 9.84 Å². The molecule has 0 saturated heterocycles. The van der Waals surface area contributed by atoms with E-state index in [1.165, 1.54) is 12.1 Å². The second-order valence-corrected chi connectivity index (χ2v) is 3.00. The van der Waals surface area contributed by atoms with Gasteiger partial charge in [-0.1, -0.05) is 6.07 Å². The molecule has 0 unspecified atom stereocenters. The maximum absolute atomic E-state index is 11.4. The summed E-state index contributed by atoms with van der Waals surface area (Å²) in [6.07, 6.45) is 0. The van der Waals surface area contributed by atoms with Crippen LogP contribution in [0.2, 0.25) is 0 Å². The molecule has 0 atom stereocenters. The smallest absolute Gasteiger partial charge is 0.338 e. The first-order valence-electron chi connectivity index (χ1n) is 4.58. The molecule has 15 heavy (non-hydrogen) atoms. The van der Waals surface area contributed by atoms with Crippen molar-refractivity contribution in [3.05, 3.63) is 34.9 Å². The van der Waals surface area contributed by atoms with Crippen LogP contribution in [-0.2, 0) is 4.74 Å². The number of carboxylic acids is 1. The van der Waals surface area contributed by atoms with Crippen molar-refractivity contribution in [3.8, 4) is 0 Å². The lowest BCUT2D eigenvalue weighted by Crippen LogP contribution is -2.10. The van der Waals surface area contributed by atoms with Crippen LogP contribution >= 0.6 is 0 Å². The highest BCUT2D eigenvalue weighted by molar-refractivity contribution is 5.97. The summed E-state index contributed by atoms with van der Waals surface area (Å²) in [5.74, 6) is -1.53. The highest BCUT2D eigenvalue weighted by atomic mass is 16.5. The summed E-state index contributed by atoms with van der Waals surface area (Å²) in [7, 11) is 0. The monoisotopic (exact) mass is 208 g/mol. The predicted molar refractivity (Wildman–Crippen MR) is 54.1 cm³/mol. The number of esters is 1. The molecule has 0 aromatic heterocycles. The Labute approximate surface area is 87.5 Å². The Balaban J connectivity index is 3.15. The normalized spacial score (nSPS) is 9.73. The van der Waals surface area contributed by atoms with E-state index >= 15 is 0 Å². The highest BCUT2D eigenvalue weighted by Crippen LogP contribution is 2.14. The molecule has 0 bridgehead atoms. The fraction of sp³-hybridized carbons (Fsp3) is 0.273. The van der Waals surface area contributed by atoms with Gasteiger partial charge in [0.25, 0.3) is 0 Å². The minimum Gasteiger partial charge on any atom is -0.478 e. The van der Waals surface area contributed by atoms with Gasteiger partial charge in [0.15, 0.2) is 0 Å². The second-order valence-electron chi connectivity index (χ2n) is 3.00. The number of hydrogen-bond acceptors (Lipinski definition) is 3. The van der Waals surface area contributed by atoms with Gasteiger partial charge in [-0.05, 0) is 31.5 Å². The molecule has 4 heteroatoms. The van der Waals surface area contributed by atoms with E-state index in [9.17, 15) is 9.59 Å². The zero-order valence-corrected chi connectivity index (χ0v) is 8.61. The minimum absolute atomic E-state index is 0.126. The van der Waals surface area contributed by atoms with Gasteiger partial charge in [-0.25, -0.2) is 9.59 Å². The molecule has 0 aliphatic carbocycles. The number of aromatic carboxylic acids is 1. The van der Waals surface area contributed by atoms with Gasteiger partial charge in [0.2, 0.25) is 0 Å². The van der Waals surface area contributed by atoms with E-state index in [1.54, 1.807) is 19.9 Å². The lowest BCUT2D eigenvalue weighted by Gasteiger charge is -2.07. The molecule has 4 nitrogen and oxygen atoms in total. The summed E-state index contributed by atoms with van der Waals surface area (Å²) in [6.45, 7) is 3.57. The predicted octanol–water partition coefficient (Wildman–Crippen LogP) is 1.87. The SMILES string of the molecule is CCOC(=O)c1cccc(C(=O)O)c1C. The van der Waals surface area contributed by atoms with E-state index < -0.39 is 11.9 Å². The summed E-state index contributed by atoms with van der Waals surface area (Å²) in [5.41, 5.74) is 0.862. The van der Waals surface area contributed by atoms with Crippen LogP contribution in [0.3, 0.4) is 0 Å². The van der Waals surface area contributed by atoms with Crippen LogP contribution in [0.25, 0.3) is 0 Å². The van der Waals surface area contributed by atoms with Gasteiger partial charge in [-0.15, -0.1) is 0 Å². The van der Waals surface area contributed by atoms with Crippen LogP contribution in [0.4, 0.5) is 0 Å². The molecular formula is C11H12O4. The quantitative estimate of drug-likeness (QED) is 0.770. The van der Waals surface area contributed by atoms with E-state index in [2.05, 4.69) is 0 Å². The molecule has 0 amide bonds. The Morgan fingerprint density at radius 1 is 1.33 bits per heavy atom. The number of ether oxygens (including phenoxy) is 1. The Hall–Kier alpha value is -1.84. The molecule has 0 aliphatic rings. The third-order valence-electron chi connectivity index (χ3n) is 2.06. The van der Waals surface area contributed by atoms with Crippen molar-refractivity contribution >= 4 is 11.9 Å². The van der Waals surface area contributed by atoms with Gasteiger partial charge in [0.1, 0.15) is 0 Å². The van der Waals surface area contributed by atoms with Crippen molar-refractivity contribution in [3.63, 3.8) is 0 Å². The van der Waals surface area contributed by atoms with Gasteiger partial charge in [-0.3, -0.25) is 0 Å². The topological polar surface area (TPSA) is 63.6 Å². The second kappa shape index (κ2) is 4.59. The number of hydrogen-bond donors (Lipinski definition) is 1. The van der Waals surface area contributed by atoms with E-state index in [-0.39, 0.29) is 12.2 Å². The average molecular weight is 208 g/mol. The lowest BCUT2D eigenvalue weighted by atomic mass is 10.0. The van der Waals surface area contributed by atoms with Crippen molar-refractivity contribution in [1.29, 1.82) is 0 Å². The number of carbonyl (C=O) groups excluding carboxylic acids is 1. The van der Waals surface area contributed by atoms with E-state index in [0.29, 0.717) is 11.1 Å². The highest BCUT2D eigenvalue weighted by Gasteiger charge is 2.15. The van der Waals surface area contributed by atoms with Crippen LogP contribution in [0.5, 0.6) is 0 Å². The summed E-state index contributed by atoms with van der Waals surface area (Å²) >= 11 is 0. The average Bonchev–Trinajstić information content (AvgIpc) is 2.17. The first-order valence-corrected chi connectivity index (χ1v) is 4.58. The standard InChI is InChI=1S/C11H12O4/c1-3-15-11(14)9-6-4-5-8(7(9)2)10(12)13/h4-6H,3H2,1-2H3,(H,12,13). The van der Waals surface area contributed by atoms with Gasteiger partial charge in [-0.2, -0.15) is 0 Å². The molecule has 1 aromatic rings. The molecule has 0 radical (unpaired) electrons. The van der Waals surface area contributed by atoms with Crippen LogP contribution < -0.4 is 0 Å². The molecule has 0 fully saturated rings. The summed E-state index contributed by atoms with van der Waals surface area (Å²) < 4.78 is 4.81. The van der Waals surface area contributed by atoms with Crippen LogP contribution in [-0.4, -0.2) is 23.7 Å². The van der Waals surface area contributed by atoms with Crippen LogP contribution in [0, 0.1) is 6.92 Å². The Morgan fingerprint density at radius 3 is 2.47 bits per heavy atom. The summed E-state index contributed by atoms with van der Waals surface area (Å²) in [4.78, 5) is 22.2. The Kier molecular flexibility index (Phi) is 3.44. The van der Waals surface area contributed by atoms with Gasteiger partial charge in [0.05, 0.1) is 17.7 Å². The van der Waals surface area contributed by atoms with Gasteiger partial charge in [0, 0.05) is 0 Å². The number of carbonyl (C=O) groups is 2. The minimum atomic E-state index is -1.04. The number of carboxylic acid groups (broad SMARTS) is 1. The number of rotatable bonds is 3. The Morgan fingerprint density at radius 2 is 1.93 bits per heavy atom. The fourth-order valence-electron chi connectivity index (χ4n) is 1.30. The fourth-order valence-corrected chi connectivity index (χ4v) is 1.30. The molecule has 80 valence electrons. The zero-order valence-electron chi connectivity index (χ0n) is 8.61. The Bertz CT molecular complexity index is 396. The van der Waals surface area contributed by atoms with Gasteiger partial charge >= 0.3 is 11.9 Å². The molecule has 1 N–H and O–H groups in total. The third kappa shape index (κ3) is 2.34. The molecular weight excluding hydrogens is 196 g/mol. The van der Waals surface area contributed by atoms with Gasteiger partial charge < -0.3 is 9.84 Å². The van der Waals surface area contributed by atoms with E-state index in [1.807, 2.05) is 0 Å². The maximum atomic E-state index is 11.4. The summed E-state index contributed by atoms with van der Waals surface area (Å²) in [5, 5.41) is 8.85. The molecule has 0 spiro atoms. The van der Waals surface area contributed by atoms with E-state index in [0.717, 1.165) is 0 Å². The van der Waals surface area contributed by atoms with Crippen LogP contribution in [0.15, 0.2) is 18.2 Å².